The summed E-state index contributed by atoms with van der Waals surface area (Å²) in [6, 6.07) is 9.00. The van der Waals surface area contributed by atoms with E-state index in [-0.39, 0.29) is 22.9 Å². The number of hydrogen-bond donors (Lipinski definition) is 1. The van der Waals surface area contributed by atoms with Crippen molar-refractivity contribution in [3.8, 4) is 11.4 Å². The molecule has 0 aromatic carbocycles. The van der Waals surface area contributed by atoms with Crippen LogP contribution >= 0.6 is 0 Å². The van der Waals surface area contributed by atoms with Gasteiger partial charge in [-0.3, -0.25) is 9.88 Å². The van der Waals surface area contributed by atoms with Crippen LogP contribution in [0.15, 0.2) is 54.9 Å². The summed E-state index contributed by atoms with van der Waals surface area (Å²) in [6.45, 7) is 2.27. The van der Waals surface area contributed by atoms with Gasteiger partial charge in [0.05, 0.1) is 28.2 Å². The zero-order valence-electron chi connectivity index (χ0n) is 19.2. The summed E-state index contributed by atoms with van der Waals surface area (Å²) in [7, 11) is 0. The number of rotatable bonds is 5. The molecule has 6 nitrogen and oxygen atoms in total. The monoisotopic (exact) mass is 518 g/mol. The highest BCUT2D eigenvalue weighted by molar-refractivity contribution is 5.92. The highest BCUT2D eigenvalue weighted by Crippen LogP contribution is 2.36. The Kier molecular flexibility index (Phi) is 6.44. The second kappa shape index (κ2) is 9.58. The molecule has 1 saturated heterocycles. The van der Waals surface area contributed by atoms with Crippen molar-refractivity contribution in [1.82, 2.24) is 24.8 Å². The first-order valence-electron chi connectivity index (χ1n) is 11.4. The standard InChI is InChI=1S/C25H20F6N6/c26-24(27,28)15-5-8-21(33-13-15)35-20-12-16(14-37-10-1-2-11-37)34-23-17(20)6-7-19(36-23)22-18(25(29,30)31)4-3-9-32-22/h3-9,12-13H,1-2,10-11,14H2,(H,33,34,35,36). The van der Waals surface area contributed by atoms with Crippen molar-refractivity contribution in [1.29, 1.82) is 0 Å². The molecule has 0 bridgehead atoms. The Morgan fingerprint density at radius 3 is 2.32 bits per heavy atom. The van der Waals surface area contributed by atoms with Gasteiger partial charge in [0.1, 0.15) is 11.5 Å². The SMILES string of the molecule is FC(F)(F)c1ccc(Nc2cc(CN3CCCC3)nc3nc(-c4ncccc4C(F)(F)F)ccc23)nc1. The normalized spacial score (nSPS) is 14.9. The lowest BCUT2D eigenvalue weighted by Crippen LogP contribution is -2.19. The molecule has 1 N–H and O–H groups in total. The largest absolute Gasteiger partial charge is 0.418 e. The average Bonchev–Trinajstić information content (AvgIpc) is 3.36. The van der Waals surface area contributed by atoms with E-state index in [1.807, 2.05) is 0 Å². The fraction of sp³-hybridized carbons (Fsp3) is 0.280. The van der Waals surface area contributed by atoms with E-state index in [1.165, 1.54) is 24.4 Å². The third-order valence-electron chi connectivity index (χ3n) is 6.02. The second-order valence-corrected chi connectivity index (χ2v) is 8.66. The van der Waals surface area contributed by atoms with Crippen molar-refractivity contribution in [2.45, 2.75) is 31.7 Å². The zero-order valence-corrected chi connectivity index (χ0v) is 19.2. The van der Waals surface area contributed by atoms with E-state index >= 15 is 0 Å². The van der Waals surface area contributed by atoms with Crippen LogP contribution in [0.1, 0.15) is 29.7 Å². The Morgan fingerprint density at radius 1 is 0.865 bits per heavy atom. The lowest BCUT2D eigenvalue weighted by Gasteiger charge is -2.17. The molecule has 4 aromatic heterocycles. The number of fused-ring (bicyclic) bond motifs is 1. The first kappa shape index (κ1) is 24.9. The Bertz CT molecular complexity index is 1410. The minimum Gasteiger partial charge on any atom is -0.340 e. The summed E-state index contributed by atoms with van der Waals surface area (Å²) in [5.41, 5.74) is -0.834. The van der Waals surface area contributed by atoms with Crippen molar-refractivity contribution in [2.24, 2.45) is 0 Å². The maximum absolute atomic E-state index is 13.6. The molecule has 5 heterocycles. The van der Waals surface area contributed by atoms with E-state index in [1.54, 1.807) is 12.1 Å². The van der Waals surface area contributed by atoms with Gasteiger partial charge in [-0.15, -0.1) is 0 Å². The van der Waals surface area contributed by atoms with Gasteiger partial charge in [0, 0.05) is 24.3 Å². The predicted molar refractivity (Wildman–Crippen MR) is 125 cm³/mol. The van der Waals surface area contributed by atoms with Gasteiger partial charge in [0.25, 0.3) is 0 Å². The highest BCUT2D eigenvalue weighted by Gasteiger charge is 2.35. The maximum Gasteiger partial charge on any atom is 0.418 e. The number of alkyl halides is 6. The van der Waals surface area contributed by atoms with Crippen LogP contribution in [-0.4, -0.2) is 37.9 Å². The molecule has 1 aliphatic rings. The lowest BCUT2D eigenvalue weighted by atomic mass is 10.1. The topological polar surface area (TPSA) is 66.8 Å². The van der Waals surface area contributed by atoms with E-state index in [4.69, 9.17) is 0 Å². The van der Waals surface area contributed by atoms with E-state index < -0.39 is 23.5 Å². The number of anilines is 2. The Hall–Kier alpha value is -3.80. The number of halogens is 6. The Balaban J connectivity index is 1.57. The highest BCUT2D eigenvalue weighted by atomic mass is 19.4. The number of nitrogens with zero attached hydrogens (tertiary/aromatic N) is 5. The number of nitrogens with one attached hydrogen (secondary N) is 1. The van der Waals surface area contributed by atoms with Crippen molar-refractivity contribution in [3.05, 3.63) is 71.7 Å². The second-order valence-electron chi connectivity index (χ2n) is 8.66. The Labute approximate surface area is 207 Å². The zero-order chi connectivity index (χ0) is 26.2. The third kappa shape index (κ3) is 5.48. The first-order chi connectivity index (χ1) is 17.6. The molecular formula is C25H20F6N6. The lowest BCUT2D eigenvalue weighted by molar-refractivity contribution is -0.138. The van der Waals surface area contributed by atoms with Crippen LogP contribution in [0, 0.1) is 0 Å². The molecule has 0 saturated carbocycles. The summed E-state index contributed by atoms with van der Waals surface area (Å²) >= 11 is 0. The summed E-state index contributed by atoms with van der Waals surface area (Å²) < 4.78 is 79.5. The van der Waals surface area contributed by atoms with Gasteiger partial charge in [0.15, 0.2) is 5.65 Å². The number of aromatic nitrogens is 4. The number of pyridine rings is 4. The van der Waals surface area contributed by atoms with E-state index in [0.29, 0.717) is 23.3 Å². The van der Waals surface area contributed by atoms with E-state index in [0.717, 1.165) is 44.3 Å². The maximum atomic E-state index is 13.6. The number of hydrogen-bond acceptors (Lipinski definition) is 6. The first-order valence-corrected chi connectivity index (χ1v) is 11.4. The summed E-state index contributed by atoms with van der Waals surface area (Å²) in [6.07, 6.45) is -5.04. The summed E-state index contributed by atoms with van der Waals surface area (Å²) in [5.74, 6) is 0.167. The van der Waals surface area contributed by atoms with Gasteiger partial charge in [-0.2, -0.15) is 26.3 Å². The fourth-order valence-electron chi connectivity index (χ4n) is 4.25. The van der Waals surface area contributed by atoms with Gasteiger partial charge in [-0.1, -0.05) is 0 Å². The van der Waals surface area contributed by atoms with Gasteiger partial charge < -0.3 is 5.32 Å². The molecule has 1 aliphatic heterocycles. The van der Waals surface area contributed by atoms with E-state index in [9.17, 15) is 26.3 Å². The molecule has 0 aliphatic carbocycles. The number of likely N-dealkylation sites (tertiary alicyclic amines) is 1. The quantitative estimate of drug-likeness (QED) is 0.306. The molecule has 12 heteroatoms. The van der Waals surface area contributed by atoms with Crippen LogP contribution in [0.4, 0.5) is 37.8 Å². The van der Waals surface area contributed by atoms with E-state index in [2.05, 4.69) is 30.2 Å². The van der Waals surface area contributed by atoms with Crippen LogP contribution in [0.25, 0.3) is 22.4 Å². The van der Waals surface area contributed by atoms with Gasteiger partial charge in [-0.05, 0) is 68.4 Å². The molecule has 1 fully saturated rings. The molecule has 0 amide bonds. The average molecular weight is 518 g/mol. The molecule has 0 radical (unpaired) electrons. The van der Waals surface area contributed by atoms with Gasteiger partial charge in [-0.25, -0.2) is 15.0 Å². The molecule has 4 aromatic rings. The summed E-state index contributed by atoms with van der Waals surface area (Å²) in [4.78, 5) is 19.0. The minimum absolute atomic E-state index is 0.00449. The van der Waals surface area contributed by atoms with Crippen LogP contribution in [0.3, 0.4) is 0 Å². The fourth-order valence-corrected chi connectivity index (χ4v) is 4.25. The van der Waals surface area contributed by atoms with Crippen LogP contribution < -0.4 is 5.32 Å². The third-order valence-corrected chi connectivity index (χ3v) is 6.02. The van der Waals surface area contributed by atoms with Crippen molar-refractivity contribution < 1.29 is 26.3 Å². The van der Waals surface area contributed by atoms with Gasteiger partial charge in [0.2, 0.25) is 0 Å². The predicted octanol–water partition coefficient (Wildman–Crippen LogP) is 6.46. The molecular weight excluding hydrogens is 498 g/mol. The van der Waals surface area contributed by atoms with Crippen molar-refractivity contribution in [2.75, 3.05) is 18.4 Å². The Morgan fingerprint density at radius 2 is 1.65 bits per heavy atom. The van der Waals surface area contributed by atoms with Crippen molar-refractivity contribution >= 4 is 22.5 Å². The minimum atomic E-state index is -4.62. The van der Waals surface area contributed by atoms with Crippen molar-refractivity contribution in [3.63, 3.8) is 0 Å². The molecule has 192 valence electrons. The molecule has 37 heavy (non-hydrogen) atoms. The molecule has 0 atom stereocenters. The van der Waals surface area contributed by atoms with Crippen LogP contribution in [-0.2, 0) is 18.9 Å². The molecule has 0 spiro atoms. The molecule has 0 unspecified atom stereocenters. The van der Waals surface area contributed by atoms with Crippen LogP contribution in [0.5, 0.6) is 0 Å². The molecule has 5 rings (SSSR count). The summed E-state index contributed by atoms with van der Waals surface area (Å²) in [5, 5.41) is 3.49. The smallest absolute Gasteiger partial charge is 0.340 e. The van der Waals surface area contributed by atoms with Gasteiger partial charge >= 0.3 is 12.4 Å². The van der Waals surface area contributed by atoms with Crippen LogP contribution in [0.2, 0.25) is 0 Å².